The Morgan fingerprint density at radius 2 is 1.70 bits per heavy atom. The molecule has 0 spiro atoms. The van der Waals surface area contributed by atoms with Gasteiger partial charge in [-0.25, -0.2) is 9.59 Å². The van der Waals surface area contributed by atoms with Crippen molar-refractivity contribution in [2.24, 2.45) is 7.05 Å². The summed E-state index contributed by atoms with van der Waals surface area (Å²) < 4.78 is 13.2. The number of benzene rings is 2. The highest BCUT2D eigenvalue weighted by atomic mass is 16.6. The highest BCUT2D eigenvalue weighted by molar-refractivity contribution is 5.88. The van der Waals surface area contributed by atoms with E-state index >= 15 is 0 Å². The number of carbonyl (C=O) groups excluding carboxylic acids is 1. The summed E-state index contributed by atoms with van der Waals surface area (Å²) in [5, 5.41) is 13.0. The molecule has 30 heavy (non-hydrogen) atoms. The molecule has 1 heterocycles. The molecule has 0 radical (unpaired) electrons. The van der Waals surface area contributed by atoms with Crippen LogP contribution in [0.3, 0.4) is 0 Å². The third-order valence-electron chi connectivity index (χ3n) is 4.51. The van der Waals surface area contributed by atoms with Crippen molar-refractivity contribution >= 4 is 23.0 Å². The third kappa shape index (κ3) is 4.92. The molecule has 0 saturated heterocycles. The van der Waals surface area contributed by atoms with Gasteiger partial charge in [0, 0.05) is 24.4 Å². The number of aromatic nitrogens is 1. The zero-order valence-corrected chi connectivity index (χ0v) is 17.5. The Labute approximate surface area is 175 Å². The standard InChI is InChI=1S/C23H26N2O5/c1-23(2,3)30-22(28)24-18(21(26)27)14-17-16-12-8-9-13-19(16)25(4)20(17)29-15-10-6-5-7-11-15/h5-13,18H,14H2,1-4H3,(H,24,28)(H,26,27). The first kappa shape index (κ1) is 21.2. The number of carboxylic acid groups (broad SMARTS) is 1. The Morgan fingerprint density at radius 1 is 1.07 bits per heavy atom. The van der Waals surface area contributed by atoms with E-state index in [-0.39, 0.29) is 6.42 Å². The minimum absolute atomic E-state index is 0.0398. The lowest BCUT2D eigenvalue weighted by molar-refractivity contribution is -0.139. The van der Waals surface area contributed by atoms with Crippen LogP contribution in [0.5, 0.6) is 11.6 Å². The van der Waals surface area contributed by atoms with Gasteiger partial charge in [0.2, 0.25) is 5.88 Å². The second-order valence-corrected chi connectivity index (χ2v) is 8.02. The Bertz CT molecular complexity index is 1050. The molecule has 7 nitrogen and oxygen atoms in total. The Kier molecular flexibility index (Phi) is 6.01. The number of para-hydroxylation sites is 2. The van der Waals surface area contributed by atoms with Gasteiger partial charge in [-0.2, -0.15) is 0 Å². The molecule has 0 fully saturated rings. The fourth-order valence-electron chi connectivity index (χ4n) is 3.23. The highest BCUT2D eigenvalue weighted by Crippen LogP contribution is 2.35. The molecular weight excluding hydrogens is 384 g/mol. The van der Waals surface area contributed by atoms with Crippen molar-refractivity contribution in [2.75, 3.05) is 0 Å². The lowest BCUT2D eigenvalue weighted by Gasteiger charge is -2.22. The van der Waals surface area contributed by atoms with Crippen LogP contribution in [0.2, 0.25) is 0 Å². The smallest absolute Gasteiger partial charge is 0.408 e. The summed E-state index contributed by atoms with van der Waals surface area (Å²) in [5.41, 5.74) is 0.869. The largest absolute Gasteiger partial charge is 0.480 e. The van der Waals surface area contributed by atoms with E-state index in [1.54, 1.807) is 20.8 Å². The number of carbonyl (C=O) groups is 2. The van der Waals surface area contributed by atoms with Crippen LogP contribution in [0.15, 0.2) is 54.6 Å². The Balaban J connectivity index is 1.97. The number of nitrogens with zero attached hydrogens (tertiary/aromatic N) is 1. The van der Waals surface area contributed by atoms with Gasteiger partial charge in [-0.05, 0) is 39.0 Å². The van der Waals surface area contributed by atoms with Crippen LogP contribution >= 0.6 is 0 Å². The van der Waals surface area contributed by atoms with Gasteiger partial charge in [0.1, 0.15) is 17.4 Å². The topological polar surface area (TPSA) is 89.8 Å². The first-order chi connectivity index (χ1) is 14.2. The van der Waals surface area contributed by atoms with E-state index in [1.165, 1.54) is 0 Å². The molecule has 0 bridgehead atoms. The van der Waals surface area contributed by atoms with Gasteiger partial charge in [-0.15, -0.1) is 0 Å². The van der Waals surface area contributed by atoms with Crippen molar-refractivity contribution < 1.29 is 24.2 Å². The monoisotopic (exact) mass is 410 g/mol. The number of aliphatic carboxylic acids is 1. The Morgan fingerprint density at radius 3 is 2.33 bits per heavy atom. The van der Waals surface area contributed by atoms with Crippen molar-refractivity contribution in [3.05, 3.63) is 60.2 Å². The number of nitrogens with one attached hydrogen (secondary N) is 1. The molecule has 1 aromatic heterocycles. The summed E-state index contributed by atoms with van der Waals surface area (Å²) in [6.45, 7) is 5.16. The predicted molar refractivity (Wildman–Crippen MR) is 114 cm³/mol. The maximum Gasteiger partial charge on any atom is 0.408 e. The summed E-state index contributed by atoms with van der Waals surface area (Å²) in [7, 11) is 1.86. The van der Waals surface area contributed by atoms with Gasteiger partial charge < -0.3 is 24.5 Å². The molecular formula is C23H26N2O5. The Hall–Kier alpha value is -3.48. The summed E-state index contributed by atoms with van der Waals surface area (Å²) in [6, 6.07) is 15.7. The maximum atomic E-state index is 12.2. The lowest BCUT2D eigenvalue weighted by Crippen LogP contribution is -2.44. The minimum atomic E-state index is -1.18. The van der Waals surface area contributed by atoms with Gasteiger partial charge in [-0.3, -0.25) is 0 Å². The number of rotatable bonds is 6. The van der Waals surface area contributed by atoms with Crippen molar-refractivity contribution in [1.82, 2.24) is 9.88 Å². The van der Waals surface area contributed by atoms with E-state index in [1.807, 2.05) is 66.2 Å². The lowest BCUT2D eigenvalue weighted by atomic mass is 10.0. The first-order valence-corrected chi connectivity index (χ1v) is 9.67. The van der Waals surface area contributed by atoms with Crippen molar-refractivity contribution in [3.8, 4) is 11.6 Å². The molecule has 3 rings (SSSR count). The van der Waals surface area contributed by atoms with E-state index in [4.69, 9.17) is 9.47 Å². The van der Waals surface area contributed by atoms with Crippen LogP contribution in [0, 0.1) is 0 Å². The molecule has 1 unspecified atom stereocenters. The number of fused-ring (bicyclic) bond motifs is 1. The van der Waals surface area contributed by atoms with Crippen LogP contribution in [0.1, 0.15) is 26.3 Å². The quantitative estimate of drug-likeness (QED) is 0.625. The SMILES string of the molecule is Cn1c(Oc2ccccc2)c(CC(NC(=O)OC(C)(C)C)C(=O)O)c2ccccc21. The predicted octanol–water partition coefficient (Wildman–Crippen LogP) is 4.49. The van der Waals surface area contributed by atoms with Gasteiger partial charge in [-0.1, -0.05) is 36.4 Å². The summed E-state index contributed by atoms with van der Waals surface area (Å²) in [4.78, 5) is 24.1. The zero-order chi connectivity index (χ0) is 21.9. The molecule has 3 aromatic rings. The molecule has 2 aromatic carbocycles. The first-order valence-electron chi connectivity index (χ1n) is 9.67. The van der Waals surface area contributed by atoms with Crippen LogP contribution < -0.4 is 10.1 Å². The molecule has 158 valence electrons. The summed E-state index contributed by atoms with van der Waals surface area (Å²) in [5.74, 6) is 0.00993. The van der Waals surface area contributed by atoms with Crippen LogP contribution in [0.25, 0.3) is 10.9 Å². The molecule has 7 heteroatoms. The fraction of sp³-hybridized carbons (Fsp3) is 0.304. The van der Waals surface area contributed by atoms with Crippen molar-refractivity contribution in [3.63, 3.8) is 0 Å². The van der Waals surface area contributed by atoms with E-state index in [2.05, 4.69) is 5.32 Å². The number of ether oxygens (including phenoxy) is 2. The maximum absolute atomic E-state index is 12.2. The normalized spacial score (nSPS) is 12.4. The van der Waals surface area contributed by atoms with Gasteiger partial charge in [0.15, 0.2) is 0 Å². The van der Waals surface area contributed by atoms with Gasteiger partial charge in [0.05, 0.1) is 5.52 Å². The molecule has 2 N–H and O–H groups in total. The third-order valence-corrected chi connectivity index (χ3v) is 4.51. The minimum Gasteiger partial charge on any atom is -0.480 e. The van der Waals surface area contributed by atoms with Crippen LogP contribution in [-0.4, -0.2) is 33.4 Å². The number of hydrogen-bond donors (Lipinski definition) is 2. The molecule has 1 amide bonds. The summed E-state index contributed by atoms with van der Waals surface area (Å²) in [6.07, 6.45) is -0.737. The molecule has 1 atom stereocenters. The van der Waals surface area contributed by atoms with Crippen molar-refractivity contribution in [2.45, 2.75) is 38.8 Å². The van der Waals surface area contributed by atoms with Crippen molar-refractivity contribution in [1.29, 1.82) is 0 Å². The van der Waals surface area contributed by atoms with E-state index in [9.17, 15) is 14.7 Å². The molecule has 0 aliphatic rings. The van der Waals surface area contributed by atoms with E-state index in [0.717, 1.165) is 10.9 Å². The molecule has 0 aliphatic carbocycles. The number of hydrogen-bond acceptors (Lipinski definition) is 4. The van der Waals surface area contributed by atoms with E-state index < -0.39 is 23.7 Å². The zero-order valence-electron chi connectivity index (χ0n) is 17.5. The average molecular weight is 410 g/mol. The van der Waals surface area contributed by atoms with Gasteiger partial charge >= 0.3 is 12.1 Å². The van der Waals surface area contributed by atoms with Crippen LogP contribution in [0.4, 0.5) is 4.79 Å². The number of amides is 1. The van der Waals surface area contributed by atoms with Gasteiger partial charge in [0.25, 0.3) is 0 Å². The fourth-order valence-corrected chi connectivity index (χ4v) is 3.23. The highest BCUT2D eigenvalue weighted by Gasteiger charge is 2.28. The van der Waals surface area contributed by atoms with Crippen LogP contribution in [-0.2, 0) is 23.0 Å². The second-order valence-electron chi connectivity index (χ2n) is 8.02. The molecule has 0 saturated carbocycles. The van der Waals surface area contributed by atoms with E-state index in [0.29, 0.717) is 17.2 Å². The summed E-state index contributed by atoms with van der Waals surface area (Å²) >= 11 is 0. The average Bonchev–Trinajstić information content (AvgIpc) is 2.93. The number of aryl methyl sites for hydroxylation is 1. The number of carboxylic acids is 1. The molecule has 0 aliphatic heterocycles. The second kappa shape index (κ2) is 8.49. The number of alkyl carbamates (subject to hydrolysis) is 1.